The molecular formula is C35H48N4O7S. The number of thiol groups is 1. The molecule has 4 amide bonds. The summed E-state index contributed by atoms with van der Waals surface area (Å²) in [7, 11) is 0. The molecule has 3 rings (SSSR count). The second-order valence-electron chi connectivity index (χ2n) is 13.6. The molecular weight excluding hydrogens is 620 g/mol. The zero-order chi connectivity index (χ0) is 34.8. The summed E-state index contributed by atoms with van der Waals surface area (Å²) >= 11 is 4.30. The molecule has 2 aromatic carbocycles. The van der Waals surface area contributed by atoms with Crippen molar-refractivity contribution in [3.05, 3.63) is 71.8 Å². The zero-order valence-electron chi connectivity index (χ0n) is 28.1. The van der Waals surface area contributed by atoms with Crippen molar-refractivity contribution in [2.75, 3.05) is 12.3 Å². The lowest BCUT2D eigenvalue weighted by Gasteiger charge is -2.30. The quantitative estimate of drug-likeness (QED) is 0.200. The van der Waals surface area contributed by atoms with Gasteiger partial charge in [-0.15, -0.1) is 0 Å². The molecule has 1 saturated heterocycles. The van der Waals surface area contributed by atoms with Crippen molar-refractivity contribution < 1.29 is 33.4 Å². The van der Waals surface area contributed by atoms with Crippen molar-refractivity contribution >= 4 is 42.4 Å². The standard InChI is InChI=1S/C35H48N4O7S/c1-34(2,3)45-32(43)26(21-24-16-11-8-12-17-24)36-29(40)27(22-47)37-30(41)28-18-13-19-39(28)31(42)25(20-23-14-9-7-10-15-23)38-33(44)46-35(4,5)6/h7-12,14-17,25-28,47H,13,18-22H2,1-6H3,(H,36,40)(H,37,41)(H,38,44)/t25-,26-,27-,28-/m0/s1. The molecule has 1 fully saturated rings. The fourth-order valence-electron chi connectivity index (χ4n) is 5.15. The van der Waals surface area contributed by atoms with Crippen LogP contribution in [0.15, 0.2) is 60.7 Å². The number of carbonyl (C=O) groups is 5. The average molecular weight is 669 g/mol. The third kappa shape index (κ3) is 12.2. The van der Waals surface area contributed by atoms with Crippen LogP contribution in [0, 0.1) is 0 Å². The molecule has 12 heteroatoms. The number of carbonyl (C=O) groups excluding carboxylic acids is 5. The zero-order valence-corrected chi connectivity index (χ0v) is 29.0. The van der Waals surface area contributed by atoms with Gasteiger partial charge in [-0.25, -0.2) is 9.59 Å². The highest BCUT2D eigenvalue weighted by Gasteiger charge is 2.39. The highest BCUT2D eigenvalue weighted by atomic mass is 32.1. The monoisotopic (exact) mass is 668 g/mol. The fourth-order valence-corrected chi connectivity index (χ4v) is 5.41. The fraction of sp³-hybridized carbons (Fsp3) is 0.514. The maximum absolute atomic E-state index is 13.9. The van der Waals surface area contributed by atoms with E-state index in [0.717, 1.165) is 11.1 Å². The van der Waals surface area contributed by atoms with Crippen molar-refractivity contribution in [2.24, 2.45) is 0 Å². The van der Waals surface area contributed by atoms with Crippen molar-refractivity contribution in [3.63, 3.8) is 0 Å². The number of benzene rings is 2. The number of amides is 4. The van der Waals surface area contributed by atoms with Crippen LogP contribution >= 0.6 is 12.6 Å². The number of rotatable bonds is 12. The van der Waals surface area contributed by atoms with Gasteiger partial charge in [0, 0.05) is 25.1 Å². The first-order valence-electron chi connectivity index (χ1n) is 15.9. The van der Waals surface area contributed by atoms with Crippen LogP contribution in [0.3, 0.4) is 0 Å². The molecule has 0 aliphatic carbocycles. The second-order valence-corrected chi connectivity index (χ2v) is 14.0. The first-order chi connectivity index (χ1) is 22.1. The van der Waals surface area contributed by atoms with Gasteiger partial charge in [0.25, 0.3) is 0 Å². The number of alkyl carbamates (subject to hydrolysis) is 1. The lowest BCUT2D eigenvalue weighted by molar-refractivity contribution is -0.158. The van der Waals surface area contributed by atoms with E-state index in [9.17, 15) is 24.0 Å². The van der Waals surface area contributed by atoms with E-state index in [2.05, 4.69) is 28.6 Å². The molecule has 1 heterocycles. The number of nitrogens with zero attached hydrogens (tertiary/aromatic N) is 1. The normalized spacial score (nSPS) is 16.7. The van der Waals surface area contributed by atoms with Gasteiger partial charge in [0.15, 0.2) is 0 Å². The van der Waals surface area contributed by atoms with Crippen molar-refractivity contribution in [3.8, 4) is 0 Å². The molecule has 1 aliphatic heterocycles. The van der Waals surface area contributed by atoms with E-state index in [1.165, 1.54) is 4.90 Å². The Morgan fingerprint density at radius 2 is 1.30 bits per heavy atom. The van der Waals surface area contributed by atoms with Crippen LogP contribution in [-0.4, -0.2) is 82.4 Å². The van der Waals surface area contributed by atoms with Gasteiger partial charge in [0.05, 0.1) is 0 Å². The topological polar surface area (TPSA) is 143 Å². The number of hydrogen-bond donors (Lipinski definition) is 4. The molecule has 3 N–H and O–H groups in total. The molecule has 0 bridgehead atoms. The Morgan fingerprint density at radius 1 is 0.766 bits per heavy atom. The van der Waals surface area contributed by atoms with E-state index in [1.807, 2.05) is 60.7 Å². The highest BCUT2D eigenvalue weighted by Crippen LogP contribution is 2.21. The van der Waals surface area contributed by atoms with Gasteiger partial charge in [-0.3, -0.25) is 14.4 Å². The molecule has 0 radical (unpaired) electrons. The van der Waals surface area contributed by atoms with E-state index in [0.29, 0.717) is 19.4 Å². The third-order valence-corrected chi connectivity index (χ3v) is 7.58. The van der Waals surface area contributed by atoms with Crippen LogP contribution in [0.4, 0.5) is 4.79 Å². The largest absolute Gasteiger partial charge is 0.458 e. The maximum atomic E-state index is 13.9. The molecule has 0 saturated carbocycles. The Hall–Kier alpha value is -4.06. The Balaban J connectivity index is 1.74. The van der Waals surface area contributed by atoms with Gasteiger partial charge < -0.3 is 30.3 Å². The van der Waals surface area contributed by atoms with Crippen LogP contribution in [-0.2, 0) is 41.5 Å². The minimum atomic E-state index is -1.09. The van der Waals surface area contributed by atoms with Crippen LogP contribution in [0.5, 0.6) is 0 Å². The molecule has 1 aliphatic rings. The Labute approximate surface area is 282 Å². The number of esters is 1. The summed E-state index contributed by atoms with van der Waals surface area (Å²) in [5.74, 6) is -2.23. The smallest absolute Gasteiger partial charge is 0.408 e. The van der Waals surface area contributed by atoms with Gasteiger partial charge in [0.2, 0.25) is 17.7 Å². The lowest BCUT2D eigenvalue weighted by atomic mass is 10.0. The van der Waals surface area contributed by atoms with Crippen molar-refractivity contribution in [1.82, 2.24) is 20.9 Å². The minimum absolute atomic E-state index is 0.0541. The molecule has 2 aromatic rings. The predicted molar refractivity (Wildman–Crippen MR) is 182 cm³/mol. The molecule has 0 unspecified atom stereocenters. The van der Waals surface area contributed by atoms with Crippen LogP contribution in [0.1, 0.15) is 65.5 Å². The summed E-state index contributed by atoms with van der Waals surface area (Å²) < 4.78 is 11.0. The molecule has 256 valence electrons. The summed E-state index contributed by atoms with van der Waals surface area (Å²) in [5, 5.41) is 8.15. The Kier molecular flexibility index (Phi) is 13.3. The summed E-state index contributed by atoms with van der Waals surface area (Å²) in [6.07, 6.45) is 0.571. The van der Waals surface area contributed by atoms with E-state index in [-0.39, 0.29) is 18.6 Å². The summed E-state index contributed by atoms with van der Waals surface area (Å²) in [6, 6.07) is 14.5. The first-order valence-corrected chi connectivity index (χ1v) is 16.5. The molecule has 0 aromatic heterocycles. The van der Waals surface area contributed by atoms with Gasteiger partial charge in [-0.1, -0.05) is 60.7 Å². The number of hydrogen-bond acceptors (Lipinski definition) is 8. The van der Waals surface area contributed by atoms with Gasteiger partial charge in [-0.05, 0) is 65.5 Å². The van der Waals surface area contributed by atoms with Crippen molar-refractivity contribution in [1.29, 1.82) is 0 Å². The molecule has 4 atom stereocenters. The van der Waals surface area contributed by atoms with E-state index in [4.69, 9.17) is 9.47 Å². The first kappa shape index (κ1) is 37.4. The van der Waals surface area contributed by atoms with E-state index >= 15 is 0 Å². The van der Waals surface area contributed by atoms with Crippen LogP contribution in [0.2, 0.25) is 0 Å². The third-order valence-electron chi connectivity index (χ3n) is 7.22. The van der Waals surface area contributed by atoms with Crippen LogP contribution < -0.4 is 16.0 Å². The van der Waals surface area contributed by atoms with E-state index in [1.54, 1.807) is 41.5 Å². The maximum Gasteiger partial charge on any atom is 0.408 e. The van der Waals surface area contributed by atoms with Crippen LogP contribution in [0.25, 0.3) is 0 Å². The summed E-state index contributed by atoms with van der Waals surface area (Å²) in [4.78, 5) is 68.2. The Bertz CT molecular complexity index is 1380. The van der Waals surface area contributed by atoms with Gasteiger partial charge in [-0.2, -0.15) is 12.6 Å². The number of nitrogens with one attached hydrogen (secondary N) is 3. The van der Waals surface area contributed by atoms with E-state index < -0.39 is 65.2 Å². The van der Waals surface area contributed by atoms with Gasteiger partial charge in [0.1, 0.15) is 35.4 Å². The Morgan fingerprint density at radius 3 is 1.81 bits per heavy atom. The highest BCUT2D eigenvalue weighted by molar-refractivity contribution is 7.80. The molecule has 11 nitrogen and oxygen atoms in total. The number of likely N-dealkylation sites (tertiary alicyclic amines) is 1. The summed E-state index contributed by atoms with van der Waals surface area (Å²) in [5.41, 5.74) is 0.0968. The lowest BCUT2D eigenvalue weighted by Crippen LogP contribution is -2.58. The number of ether oxygens (including phenoxy) is 2. The molecule has 0 spiro atoms. The van der Waals surface area contributed by atoms with Gasteiger partial charge >= 0.3 is 12.1 Å². The predicted octanol–water partition coefficient (Wildman–Crippen LogP) is 3.60. The van der Waals surface area contributed by atoms with Crippen molar-refractivity contribution in [2.45, 2.75) is 103 Å². The molecule has 47 heavy (non-hydrogen) atoms. The minimum Gasteiger partial charge on any atom is -0.458 e. The SMILES string of the molecule is CC(C)(C)OC(=O)N[C@@H](Cc1ccccc1)C(=O)N1CCC[C@H]1C(=O)N[C@@H](CS)C(=O)N[C@@H](Cc1ccccc1)C(=O)OC(C)(C)C. The second kappa shape index (κ2) is 16.7. The summed E-state index contributed by atoms with van der Waals surface area (Å²) in [6.45, 7) is 10.7. The average Bonchev–Trinajstić information content (AvgIpc) is 3.48.